The fraction of sp³-hybridized carbons (Fsp3) is 0.389. The van der Waals surface area contributed by atoms with E-state index < -0.39 is 11.7 Å². The van der Waals surface area contributed by atoms with Crippen LogP contribution in [-0.4, -0.2) is 31.7 Å². The summed E-state index contributed by atoms with van der Waals surface area (Å²) in [6, 6.07) is 10.2. The number of hydrogen-bond acceptors (Lipinski definition) is 3. The van der Waals surface area contributed by atoms with Crippen LogP contribution in [0.3, 0.4) is 0 Å². The predicted octanol–water partition coefficient (Wildman–Crippen LogP) is 4.43. The molecule has 0 spiro atoms. The summed E-state index contributed by atoms with van der Waals surface area (Å²) >= 11 is 0. The Morgan fingerprint density at radius 2 is 1.92 bits per heavy atom. The summed E-state index contributed by atoms with van der Waals surface area (Å²) < 4.78 is 39.6. The molecule has 3 rings (SSSR count). The highest BCUT2D eigenvalue weighted by Crippen LogP contribution is 2.35. The van der Waals surface area contributed by atoms with E-state index in [4.69, 9.17) is 0 Å². The maximum absolute atomic E-state index is 13.2. The van der Waals surface area contributed by atoms with E-state index in [1.54, 1.807) is 25.1 Å². The average Bonchev–Trinajstić information content (AvgIpc) is 2.52. The van der Waals surface area contributed by atoms with Gasteiger partial charge in [0.2, 0.25) is 0 Å². The van der Waals surface area contributed by atoms with Crippen LogP contribution >= 0.6 is 0 Å². The molecule has 1 aliphatic rings. The molecule has 0 radical (unpaired) electrons. The Bertz CT molecular complexity index is 741. The van der Waals surface area contributed by atoms with E-state index in [9.17, 15) is 13.2 Å². The highest BCUT2D eigenvalue weighted by atomic mass is 19.4. The van der Waals surface area contributed by atoms with Crippen LogP contribution in [0.5, 0.6) is 0 Å². The molecule has 0 N–H and O–H groups in total. The molecule has 1 fully saturated rings. The van der Waals surface area contributed by atoms with Gasteiger partial charge in [0.15, 0.2) is 0 Å². The van der Waals surface area contributed by atoms with Crippen LogP contribution in [0.25, 0.3) is 11.3 Å². The molecule has 1 atom stereocenters. The third-order valence-corrected chi connectivity index (χ3v) is 4.39. The van der Waals surface area contributed by atoms with Crippen molar-refractivity contribution in [2.24, 2.45) is 0 Å². The maximum atomic E-state index is 13.2. The van der Waals surface area contributed by atoms with Gasteiger partial charge in [-0.1, -0.05) is 12.1 Å². The van der Waals surface area contributed by atoms with Crippen molar-refractivity contribution in [3.05, 3.63) is 42.0 Å². The van der Waals surface area contributed by atoms with Gasteiger partial charge in [0, 0.05) is 37.9 Å². The summed E-state index contributed by atoms with van der Waals surface area (Å²) in [5.41, 5.74) is 1.38. The molecule has 0 amide bonds. The fourth-order valence-corrected chi connectivity index (χ4v) is 2.80. The number of anilines is 2. The number of rotatable bonds is 3. The van der Waals surface area contributed by atoms with E-state index in [0.717, 1.165) is 30.8 Å². The van der Waals surface area contributed by atoms with E-state index in [0.29, 0.717) is 23.1 Å². The molecule has 3 nitrogen and oxygen atoms in total. The summed E-state index contributed by atoms with van der Waals surface area (Å²) in [4.78, 5) is 8.21. The first-order chi connectivity index (χ1) is 11.3. The first kappa shape index (κ1) is 16.6. The number of benzene rings is 1. The van der Waals surface area contributed by atoms with E-state index >= 15 is 0 Å². The van der Waals surface area contributed by atoms with Crippen molar-refractivity contribution in [3.8, 4) is 11.3 Å². The van der Waals surface area contributed by atoms with Crippen LogP contribution in [0.2, 0.25) is 0 Å². The summed E-state index contributed by atoms with van der Waals surface area (Å²) in [6.45, 7) is 3.12. The van der Waals surface area contributed by atoms with Crippen LogP contribution < -0.4 is 9.80 Å². The SMILES string of the molecule is CC1CCN1c1cccc(-c2cc(C(F)(F)F)cc(N(C)C)n2)c1. The Morgan fingerprint density at radius 3 is 2.46 bits per heavy atom. The smallest absolute Gasteiger partial charge is 0.369 e. The van der Waals surface area contributed by atoms with E-state index in [2.05, 4.69) is 16.8 Å². The fourth-order valence-electron chi connectivity index (χ4n) is 2.80. The standard InChI is InChI=1S/C18H20F3N3/c1-12-7-8-24(12)15-6-4-5-13(9-15)16-10-14(18(19,20)21)11-17(22-16)23(2)3/h4-6,9-12H,7-8H2,1-3H3. The number of nitrogens with zero attached hydrogens (tertiary/aromatic N) is 3. The third kappa shape index (κ3) is 3.18. The molecule has 2 heterocycles. The number of aromatic nitrogens is 1. The molecule has 128 valence electrons. The number of alkyl halides is 3. The van der Waals surface area contributed by atoms with Gasteiger partial charge >= 0.3 is 6.18 Å². The van der Waals surface area contributed by atoms with Gasteiger partial charge in [-0.2, -0.15) is 13.2 Å². The lowest BCUT2D eigenvalue weighted by Gasteiger charge is -2.41. The zero-order chi connectivity index (χ0) is 17.5. The normalized spacial score (nSPS) is 17.6. The van der Waals surface area contributed by atoms with Crippen molar-refractivity contribution >= 4 is 11.5 Å². The topological polar surface area (TPSA) is 19.4 Å². The molecule has 24 heavy (non-hydrogen) atoms. The Labute approximate surface area is 139 Å². The molecule has 0 saturated carbocycles. The molecular formula is C18H20F3N3. The van der Waals surface area contributed by atoms with Crippen molar-refractivity contribution in [3.63, 3.8) is 0 Å². The molecule has 1 aliphatic heterocycles. The summed E-state index contributed by atoms with van der Waals surface area (Å²) in [6.07, 6.45) is -3.26. The first-order valence-corrected chi connectivity index (χ1v) is 7.89. The van der Waals surface area contributed by atoms with Crippen molar-refractivity contribution < 1.29 is 13.2 Å². The summed E-state index contributed by atoms with van der Waals surface area (Å²) in [7, 11) is 3.37. The van der Waals surface area contributed by atoms with Crippen LogP contribution in [-0.2, 0) is 6.18 Å². The van der Waals surface area contributed by atoms with Gasteiger partial charge < -0.3 is 9.80 Å². The van der Waals surface area contributed by atoms with Gasteiger partial charge in [0.05, 0.1) is 11.3 Å². The van der Waals surface area contributed by atoms with Crippen LogP contribution in [0.1, 0.15) is 18.9 Å². The minimum atomic E-state index is -4.40. The van der Waals surface area contributed by atoms with Gasteiger partial charge in [-0.05, 0) is 37.6 Å². The highest BCUT2D eigenvalue weighted by molar-refractivity contribution is 5.68. The molecule has 6 heteroatoms. The molecular weight excluding hydrogens is 315 g/mol. The second-order valence-corrected chi connectivity index (χ2v) is 6.37. The average molecular weight is 335 g/mol. The van der Waals surface area contributed by atoms with Crippen molar-refractivity contribution in [1.29, 1.82) is 0 Å². The van der Waals surface area contributed by atoms with Crippen molar-refractivity contribution in [2.45, 2.75) is 25.6 Å². The van der Waals surface area contributed by atoms with Gasteiger partial charge in [-0.25, -0.2) is 4.98 Å². The van der Waals surface area contributed by atoms with E-state index in [1.165, 1.54) is 0 Å². The Kier molecular flexibility index (Phi) is 4.15. The molecule has 0 aliphatic carbocycles. The third-order valence-electron chi connectivity index (χ3n) is 4.39. The quantitative estimate of drug-likeness (QED) is 0.827. The zero-order valence-corrected chi connectivity index (χ0v) is 13.9. The minimum Gasteiger partial charge on any atom is -0.369 e. The van der Waals surface area contributed by atoms with Gasteiger partial charge in [0.25, 0.3) is 0 Å². The Balaban J connectivity index is 2.05. The molecule has 1 aromatic heterocycles. The van der Waals surface area contributed by atoms with Gasteiger partial charge in [0.1, 0.15) is 5.82 Å². The number of halogens is 3. The molecule has 1 aromatic carbocycles. The first-order valence-electron chi connectivity index (χ1n) is 7.89. The minimum absolute atomic E-state index is 0.294. The molecule has 0 bridgehead atoms. The monoisotopic (exact) mass is 335 g/mol. The second kappa shape index (κ2) is 6.00. The molecule has 1 saturated heterocycles. The predicted molar refractivity (Wildman–Crippen MR) is 90.4 cm³/mol. The van der Waals surface area contributed by atoms with Crippen LogP contribution in [0.4, 0.5) is 24.7 Å². The number of pyridine rings is 1. The Hall–Kier alpha value is -2.24. The van der Waals surface area contributed by atoms with Crippen LogP contribution in [0.15, 0.2) is 36.4 Å². The molecule has 1 unspecified atom stereocenters. The van der Waals surface area contributed by atoms with Crippen LogP contribution in [0, 0.1) is 0 Å². The van der Waals surface area contributed by atoms with Gasteiger partial charge in [-0.15, -0.1) is 0 Å². The molecule has 2 aromatic rings. The second-order valence-electron chi connectivity index (χ2n) is 6.37. The highest BCUT2D eigenvalue weighted by Gasteiger charge is 2.32. The summed E-state index contributed by atoms with van der Waals surface area (Å²) in [5, 5.41) is 0. The van der Waals surface area contributed by atoms with E-state index in [1.807, 2.05) is 18.2 Å². The zero-order valence-electron chi connectivity index (χ0n) is 13.9. The van der Waals surface area contributed by atoms with E-state index in [-0.39, 0.29) is 0 Å². The maximum Gasteiger partial charge on any atom is 0.416 e. The summed E-state index contributed by atoms with van der Waals surface area (Å²) in [5.74, 6) is 0.294. The Morgan fingerprint density at radius 1 is 1.17 bits per heavy atom. The lowest BCUT2D eigenvalue weighted by Crippen LogP contribution is -2.45. The van der Waals surface area contributed by atoms with Crippen molar-refractivity contribution in [1.82, 2.24) is 4.98 Å². The lowest BCUT2D eigenvalue weighted by molar-refractivity contribution is -0.137. The van der Waals surface area contributed by atoms with Gasteiger partial charge in [-0.3, -0.25) is 0 Å². The number of hydrogen-bond donors (Lipinski definition) is 0. The largest absolute Gasteiger partial charge is 0.416 e. The lowest BCUT2D eigenvalue weighted by atomic mass is 10.0. The van der Waals surface area contributed by atoms with Crippen molar-refractivity contribution in [2.75, 3.05) is 30.4 Å².